The van der Waals surface area contributed by atoms with E-state index < -0.39 is 9.84 Å². The topological polar surface area (TPSA) is 59.3 Å². The first kappa shape index (κ1) is 11.3. The molecule has 0 radical (unpaired) electrons. The van der Waals surface area contributed by atoms with Gasteiger partial charge in [-0.25, -0.2) is 8.42 Å². The molecule has 0 aliphatic heterocycles. The van der Waals surface area contributed by atoms with Gasteiger partial charge in [-0.3, -0.25) is 0 Å². The van der Waals surface area contributed by atoms with Crippen molar-refractivity contribution in [1.82, 2.24) is 5.32 Å². The van der Waals surface area contributed by atoms with Gasteiger partial charge in [-0.1, -0.05) is 0 Å². The zero-order valence-corrected chi connectivity index (χ0v) is 9.01. The quantitative estimate of drug-likeness (QED) is 0.716. The second-order valence-corrected chi connectivity index (χ2v) is 5.50. The van der Waals surface area contributed by atoms with Gasteiger partial charge < -0.3 is 9.73 Å². The van der Waals surface area contributed by atoms with Crippen molar-refractivity contribution in [3.63, 3.8) is 0 Å². The Morgan fingerprint density at radius 2 is 2.29 bits per heavy atom. The Hall–Kier alpha value is -0.810. The molecule has 0 atom stereocenters. The first-order chi connectivity index (χ1) is 6.58. The Labute approximate surface area is 84.2 Å². The van der Waals surface area contributed by atoms with Crippen molar-refractivity contribution in [2.75, 3.05) is 18.6 Å². The van der Waals surface area contributed by atoms with Gasteiger partial charge in [-0.15, -0.1) is 0 Å². The van der Waals surface area contributed by atoms with Crippen LogP contribution in [0.25, 0.3) is 0 Å². The van der Waals surface area contributed by atoms with Crippen LogP contribution in [0, 0.1) is 0 Å². The molecule has 0 unspecified atom stereocenters. The molecule has 0 saturated carbocycles. The molecule has 0 aromatic carbocycles. The number of hydrogen-bond donors (Lipinski definition) is 1. The van der Waals surface area contributed by atoms with Crippen LogP contribution in [0.4, 0.5) is 0 Å². The van der Waals surface area contributed by atoms with Gasteiger partial charge in [0.2, 0.25) is 0 Å². The third-order valence-corrected chi connectivity index (χ3v) is 2.78. The molecule has 1 N–H and O–H groups in total. The van der Waals surface area contributed by atoms with Crippen LogP contribution in [0.3, 0.4) is 0 Å². The Morgan fingerprint density at radius 3 is 2.86 bits per heavy atom. The van der Waals surface area contributed by atoms with E-state index in [4.69, 9.17) is 4.42 Å². The lowest BCUT2D eigenvalue weighted by Gasteiger charge is -2.01. The van der Waals surface area contributed by atoms with Gasteiger partial charge in [-0.2, -0.15) is 0 Å². The maximum absolute atomic E-state index is 10.8. The largest absolute Gasteiger partial charge is 0.468 e. The summed E-state index contributed by atoms with van der Waals surface area (Å²) >= 11 is 0. The van der Waals surface area contributed by atoms with Gasteiger partial charge in [0.15, 0.2) is 0 Å². The van der Waals surface area contributed by atoms with Crippen LogP contribution in [0.15, 0.2) is 22.8 Å². The number of rotatable bonds is 6. The number of hydrogen-bond acceptors (Lipinski definition) is 4. The van der Waals surface area contributed by atoms with E-state index in [1.807, 2.05) is 12.1 Å². The molecule has 0 aliphatic carbocycles. The molecule has 14 heavy (non-hydrogen) atoms. The first-order valence-electron chi connectivity index (χ1n) is 4.49. The normalized spacial score (nSPS) is 11.8. The summed E-state index contributed by atoms with van der Waals surface area (Å²) in [6.07, 6.45) is 3.51. The summed E-state index contributed by atoms with van der Waals surface area (Å²) in [6.45, 7) is 1.34. The van der Waals surface area contributed by atoms with Gasteiger partial charge in [0, 0.05) is 6.26 Å². The molecule has 4 nitrogen and oxygen atoms in total. The summed E-state index contributed by atoms with van der Waals surface area (Å²) in [5.41, 5.74) is 0. The van der Waals surface area contributed by atoms with E-state index in [2.05, 4.69) is 5.32 Å². The smallest absolute Gasteiger partial charge is 0.147 e. The average Bonchev–Trinajstić information content (AvgIpc) is 2.54. The second kappa shape index (κ2) is 5.17. The summed E-state index contributed by atoms with van der Waals surface area (Å²) in [4.78, 5) is 0. The SMILES string of the molecule is CS(=O)(=O)CCCNCc1ccco1. The molecule has 0 spiro atoms. The maximum atomic E-state index is 10.8. The molecular formula is C9H15NO3S. The van der Waals surface area contributed by atoms with Crippen molar-refractivity contribution in [1.29, 1.82) is 0 Å². The highest BCUT2D eigenvalue weighted by Crippen LogP contribution is 1.98. The maximum Gasteiger partial charge on any atom is 0.147 e. The lowest BCUT2D eigenvalue weighted by molar-refractivity contribution is 0.483. The third-order valence-electron chi connectivity index (χ3n) is 1.75. The molecule has 80 valence electrons. The Morgan fingerprint density at radius 1 is 1.50 bits per heavy atom. The van der Waals surface area contributed by atoms with Crippen LogP contribution in [0.5, 0.6) is 0 Å². The van der Waals surface area contributed by atoms with E-state index in [1.165, 1.54) is 6.26 Å². The molecule has 0 saturated heterocycles. The van der Waals surface area contributed by atoms with E-state index >= 15 is 0 Å². The minimum Gasteiger partial charge on any atom is -0.468 e. The fraction of sp³-hybridized carbons (Fsp3) is 0.556. The van der Waals surface area contributed by atoms with Crippen molar-refractivity contribution < 1.29 is 12.8 Å². The number of sulfone groups is 1. The summed E-state index contributed by atoms with van der Waals surface area (Å²) in [5, 5.41) is 3.10. The molecule has 0 amide bonds. The predicted molar refractivity (Wildman–Crippen MR) is 54.7 cm³/mol. The van der Waals surface area contributed by atoms with E-state index in [0.717, 1.165) is 5.76 Å². The number of furan rings is 1. The molecule has 1 rings (SSSR count). The second-order valence-electron chi connectivity index (χ2n) is 3.24. The molecule has 1 heterocycles. The van der Waals surface area contributed by atoms with Gasteiger partial charge in [0.05, 0.1) is 18.6 Å². The molecule has 0 aliphatic rings. The summed E-state index contributed by atoms with van der Waals surface area (Å²) in [7, 11) is -2.82. The van der Waals surface area contributed by atoms with Crippen molar-refractivity contribution in [2.45, 2.75) is 13.0 Å². The van der Waals surface area contributed by atoms with Crippen molar-refractivity contribution in [2.24, 2.45) is 0 Å². The standard InChI is InChI=1S/C9H15NO3S/c1-14(11,12)7-3-5-10-8-9-4-2-6-13-9/h2,4,6,10H,3,5,7-8H2,1H3. The zero-order chi connectivity index (χ0) is 10.4. The Kier molecular flexibility index (Phi) is 4.16. The highest BCUT2D eigenvalue weighted by Gasteiger charge is 2.00. The van der Waals surface area contributed by atoms with Crippen LogP contribution >= 0.6 is 0 Å². The Bertz CT molecular complexity index is 342. The molecule has 1 aromatic rings. The summed E-state index contributed by atoms with van der Waals surface area (Å²) in [6, 6.07) is 3.71. The van der Waals surface area contributed by atoms with Gasteiger partial charge in [0.25, 0.3) is 0 Å². The fourth-order valence-corrected chi connectivity index (χ4v) is 1.75. The van der Waals surface area contributed by atoms with Crippen LogP contribution < -0.4 is 5.32 Å². The van der Waals surface area contributed by atoms with Crippen LogP contribution in [0.2, 0.25) is 0 Å². The molecule has 0 fully saturated rings. The van der Waals surface area contributed by atoms with Gasteiger partial charge >= 0.3 is 0 Å². The van der Waals surface area contributed by atoms with E-state index in [9.17, 15) is 8.42 Å². The highest BCUT2D eigenvalue weighted by atomic mass is 32.2. The van der Waals surface area contributed by atoms with Crippen molar-refractivity contribution in [3.05, 3.63) is 24.2 Å². The summed E-state index contributed by atoms with van der Waals surface area (Å²) < 4.78 is 26.7. The van der Waals surface area contributed by atoms with Crippen molar-refractivity contribution in [3.8, 4) is 0 Å². The average molecular weight is 217 g/mol. The minimum absolute atomic E-state index is 0.234. The fourth-order valence-electron chi connectivity index (χ4n) is 1.08. The van der Waals surface area contributed by atoms with Crippen LogP contribution in [-0.2, 0) is 16.4 Å². The van der Waals surface area contributed by atoms with E-state index in [0.29, 0.717) is 19.5 Å². The van der Waals surface area contributed by atoms with Crippen LogP contribution in [0.1, 0.15) is 12.2 Å². The molecule has 1 aromatic heterocycles. The van der Waals surface area contributed by atoms with E-state index in [1.54, 1.807) is 6.26 Å². The monoisotopic (exact) mass is 217 g/mol. The molecule has 0 bridgehead atoms. The molecular weight excluding hydrogens is 202 g/mol. The third kappa shape index (κ3) is 5.04. The van der Waals surface area contributed by atoms with Crippen LogP contribution in [-0.4, -0.2) is 27.0 Å². The van der Waals surface area contributed by atoms with Gasteiger partial charge in [-0.05, 0) is 25.1 Å². The molecule has 5 heteroatoms. The lowest BCUT2D eigenvalue weighted by atomic mass is 10.4. The minimum atomic E-state index is -2.82. The lowest BCUT2D eigenvalue weighted by Crippen LogP contribution is -2.17. The Balaban J connectivity index is 2.06. The van der Waals surface area contributed by atoms with Gasteiger partial charge in [0.1, 0.15) is 15.6 Å². The predicted octanol–water partition coefficient (Wildman–Crippen LogP) is 0.804. The number of nitrogens with one attached hydrogen (secondary N) is 1. The summed E-state index contributed by atoms with van der Waals surface area (Å²) in [5.74, 6) is 1.10. The zero-order valence-electron chi connectivity index (χ0n) is 8.19. The first-order valence-corrected chi connectivity index (χ1v) is 6.55. The van der Waals surface area contributed by atoms with Crippen molar-refractivity contribution >= 4 is 9.84 Å². The van der Waals surface area contributed by atoms with E-state index in [-0.39, 0.29) is 5.75 Å². The highest BCUT2D eigenvalue weighted by molar-refractivity contribution is 7.90.